The van der Waals surface area contributed by atoms with Gasteiger partial charge >= 0.3 is 0 Å². The van der Waals surface area contributed by atoms with Crippen molar-refractivity contribution < 1.29 is 4.74 Å². The van der Waals surface area contributed by atoms with E-state index >= 15 is 0 Å². The highest BCUT2D eigenvalue weighted by Gasteiger charge is 2.25. The predicted octanol–water partition coefficient (Wildman–Crippen LogP) is 3.89. The van der Waals surface area contributed by atoms with Gasteiger partial charge in [-0.05, 0) is 38.1 Å². The van der Waals surface area contributed by atoms with Crippen LogP contribution in [-0.2, 0) is 4.74 Å². The molecule has 0 amide bonds. The van der Waals surface area contributed by atoms with E-state index < -0.39 is 0 Å². The summed E-state index contributed by atoms with van der Waals surface area (Å²) in [7, 11) is 0. The van der Waals surface area contributed by atoms with Gasteiger partial charge in [-0.2, -0.15) is 0 Å². The first kappa shape index (κ1) is 14.3. The van der Waals surface area contributed by atoms with Gasteiger partial charge in [0.2, 0.25) is 0 Å². The highest BCUT2D eigenvalue weighted by Crippen LogP contribution is 2.32. The van der Waals surface area contributed by atoms with Crippen molar-refractivity contribution in [2.75, 3.05) is 13.2 Å². The molecule has 0 radical (unpaired) electrons. The lowest BCUT2D eigenvalue weighted by atomic mass is 9.94. The standard InChI is InChI=1S/C16H31NO/c1-2-12-17-15-7-5-3-4-6-8-16(15)18-13-11-14-9-10-14/h14-17H,2-13H2,1H3. The van der Waals surface area contributed by atoms with E-state index in [-0.39, 0.29) is 0 Å². The topological polar surface area (TPSA) is 21.3 Å². The van der Waals surface area contributed by atoms with Crippen LogP contribution in [0.2, 0.25) is 0 Å². The van der Waals surface area contributed by atoms with Crippen molar-refractivity contribution in [3.8, 4) is 0 Å². The first-order chi connectivity index (χ1) is 8.90. The van der Waals surface area contributed by atoms with Crippen LogP contribution in [0, 0.1) is 5.92 Å². The zero-order valence-electron chi connectivity index (χ0n) is 12.1. The molecule has 2 aliphatic rings. The summed E-state index contributed by atoms with van der Waals surface area (Å²) in [5.41, 5.74) is 0. The molecule has 0 saturated heterocycles. The van der Waals surface area contributed by atoms with Gasteiger partial charge in [-0.25, -0.2) is 0 Å². The Kier molecular flexibility index (Phi) is 6.50. The Morgan fingerprint density at radius 3 is 2.50 bits per heavy atom. The Labute approximate surface area is 113 Å². The zero-order valence-corrected chi connectivity index (χ0v) is 12.1. The van der Waals surface area contributed by atoms with Gasteiger partial charge in [0.15, 0.2) is 0 Å². The second-order valence-corrected chi connectivity index (χ2v) is 6.19. The van der Waals surface area contributed by atoms with Crippen LogP contribution in [0.1, 0.15) is 71.1 Å². The molecule has 0 aromatic heterocycles. The summed E-state index contributed by atoms with van der Waals surface area (Å²) in [5, 5.41) is 3.72. The highest BCUT2D eigenvalue weighted by molar-refractivity contribution is 4.80. The molecule has 2 atom stereocenters. The number of hydrogen-bond donors (Lipinski definition) is 1. The van der Waals surface area contributed by atoms with E-state index in [1.807, 2.05) is 0 Å². The minimum absolute atomic E-state index is 0.482. The predicted molar refractivity (Wildman–Crippen MR) is 76.9 cm³/mol. The van der Waals surface area contributed by atoms with Gasteiger partial charge in [-0.1, -0.05) is 45.4 Å². The maximum atomic E-state index is 6.22. The quantitative estimate of drug-likeness (QED) is 0.743. The van der Waals surface area contributed by atoms with E-state index in [4.69, 9.17) is 4.74 Å². The van der Waals surface area contributed by atoms with Crippen LogP contribution in [0.15, 0.2) is 0 Å². The average molecular weight is 253 g/mol. The van der Waals surface area contributed by atoms with E-state index in [2.05, 4.69) is 12.2 Å². The molecule has 0 bridgehead atoms. The summed E-state index contributed by atoms with van der Waals surface area (Å²) >= 11 is 0. The smallest absolute Gasteiger partial charge is 0.0728 e. The molecule has 0 aromatic carbocycles. The molecular formula is C16H31NO. The van der Waals surface area contributed by atoms with Crippen LogP contribution in [0.5, 0.6) is 0 Å². The minimum atomic E-state index is 0.482. The van der Waals surface area contributed by atoms with Crippen molar-refractivity contribution in [2.45, 2.75) is 83.3 Å². The number of nitrogens with one attached hydrogen (secondary N) is 1. The number of hydrogen-bond acceptors (Lipinski definition) is 2. The minimum Gasteiger partial charge on any atom is -0.377 e. The van der Waals surface area contributed by atoms with Gasteiger partial charge in [0.1, 0.15) is 0 Å². The summed E-state index contributed by atoms with van der Waals surface area (Å²) < 4.78 is 6.22. The number of ether oxygens (including phenoxy) is 1. The lowest BCUT2D eigenvalue weighted by Gasteiger charge is -2.30. The van der Waals surface area contributed by atoms with Crippen molar-refractivity contribution in [3.63, 3.8) is 0 Å². The molecule has 1 N–H and O–H groups in total. The highest BCUT2D eigenvalue weighted by atomic mass is 16.5. The molecule has 2 aliphatic carbocycles. The van der Waals surface area contributed by atoms with Crippen LogP contribution in [0.25, 0.3) is 0 Å². The molecule has 2 saturated carbocycles. The molecule has 0 heterocycles. The first-order valence-electron chi connectivity index (χ1n) is 8.25. The van der Waals surface area contributed by atoms with Crippen molar-refractivity contribution in [2.24, 2.45) is 5.92 Å². The maximum Gasteiger partial charge on any atom is 0.0728 e. The van der Waals surface area contributed by atoms with Crippen LogP contribution in [-0.4, -0.2) is 25.3 Å². The molecule has 2 unspecified atom stereocenters. The lowest BCUT2D eigenvalue weighted by molar-refractivity contribution is 0.0106. The summed E-state index contributed by atoms with van der Waals surface area (Å²) in [4.78, 5) is 0. The molecule has 2 fully saturated rings. The number of rotatable bonds is 7. The van der Waals surface area contributed by atoms with E-state index in [1.54, 1.807) is 0 Å². The maximum absolute atomic E-state index is 6.22. The normalized spacial score (nSPS) is 29.8. The Bertz CT molecular complexity index is 213. The third-order valence-electron chi connectivity index (χ3n) is 4.41. The van der Waals surface area contributed by atoms with Crippen LogP contribution in [0.3, 0.4) is 0 Å². The van der Waals surface area contributed by atoms with Gasteiger partial charge in [0, 0.05) is 12.6 Å². The largest absolute Gasteiger partial charge is 0.377 e. The second-order valence-electron chi connectivity index (χ2n) is 6.19. The van der Waals surface area contributed by atoms with Gasteiger partial charge in [0.25, 0.3) is 0 Å². The van der Waals surface area contributed by atoms with Crippen molar-refractivity contribution in [1.29, 1.82) is 0 Å². The Hall–Kier alpha value is -0.0800. The van der Waals surface area contributed by atoms with Crippen LogP contribution >= 0.6 is 0 Å². The fourth-order valence-corrected chi connectivity index (χ4v) is 3.01. The van der Waals surface area contributed by atoms with E-state index in [9.17, 15) is 0 Å². The van der Waals surface area contributed by atoms with Crippen molar-refractivity contribution in [1.82, 2.24) is 5.32 Å². The summed E-state index contributed by atoms with van der Waals surface area (Å²) in [6.45, 7) is 4.39. The van der Waals surface area contributed by atoms with Gasteiger partial charge in [0.05, 0.1) is 6.10 Å². The van der Waals surface area contributed by atoms with Gasteiger partial charge < -0.3 is 10.1 Å². The Balaban J connectivity index is 1.73. The fraction of sp³-hybridized carbons (Fsp3) is 1.00. The Morgan fingerprint density at radius 2 is 1.78 bits per heavy atom. The molecule has 0 aliphatic heterocycles. The summed E-state index contributed by atoms with van der Waals surface area (Å²) in [6, 6.07) is 0.615. The monoisotopic (exact) mass is 253 g/mol. The molecule has 0 spiro atoms. The van der Waals surface area contributed by atoms with Crippen molar-refractivity contribution >= 4 is 0 Å². The van der Waals surface area contributed by atoms with Gasteiger partial charge in [-0.15, -0.1) is 0 Å². The summed E-state index contributed by atoms with van der Waals surface area (Å²) in [5.74, 6) is 1.00. The van der Waals surface area contributed by atoms with E-state index in [1.165, 1.54) is 64.2 Å². The third-order valence-corrected chi connectivity index (χ3v) is 4.41. The van der Waals surface area contributed by atoms with Crippen LogP contribution in [0.4, 0.5) is 0 Å². The molecule has 0 aromatic rings. The molecule has 2 heteroatoms. The van der Waals surface area contributed by atoms with Crippen molar-refractivity contribution in [3.05, 3.63) is 0 Å². The first-order valence-corrected chi connectivity index (χ1v) is 8.25. The fourth-order valence-electron chi connectivity index (χ4n) is 3.01. The zero-order chi connectivity index (χ0) is 12.6. The lowest BCUT2D eigenvalue weighted by Crippen LogP contribution is -2.42. The molecular weight excluding hydrogens is 222 g/mol. The van der Waals surface area contributed by atoms with E-state index in [0.29, 0.717) is 12.1 Å². The SMILES string of the molecule is CCCNC1CCCCCCC1OCCC1CC1. The van der Waals surface area contributed by atoms with Crippen LogP contribution < -0.4 is 5.32 Å². The average Bonchev–Trinajstić information content (AvgIpc) is 3.15. The molecule has 106 valence electrons. The summed E-state index contributed by atoms with van der Waals surface area (Å²) in [6.07, 6.45) is 14.1. The van der Waals surface area contributed by atoms with Gasteiger partial charge in [-0.3, -0.25) is 0 Å². The second kappa shape index (κ2) is 8.16. The third kappa shape index (κ3) is 5.27. The molecule has 2 nitrogen and oxygen atoms in total. The molecule has 18 heavy (non-hydrogen) atoms. The Morgan fingerprint density at radius 1 is 1.00 bits per heavy atom. The van der Waals surface area contributed by atoms with E-state index in [0.717, 1.165) is 19.1 Å². The molecule has 2 rings (SSSR count).